The van der Waals surface area contributed by atoms with Crippen molar-refractivity contribution in [3.05, 3.63) is 0 Å². The summed E-state index contributed by atoms with van der Waals surface area (Å²) in [6.07, 6.45) is -0.973. The van der Waals surface area contributed by atoms with Gasteiger partial charge in [-0.05, 0) is 44.8 Å². The minimum atomic E-state index is -4.21. The van der Waals surface area contributed by atoms with Crippen LogP contribution in [-0.2, 0) is 4.74 Å². The fraction of sp³-hybridized carbons (Fsp3) is 1.00. The van der Waals surface area contributed by atoms with E-state index < -0.39 is 12.8 Å². The first-order chi connectivity index (χ1) is 8.01. The van der Waals surface area contributed by atoms with Crippen molar-refractivity contribution in [3.8, 4) is 0 Å². The number of piperidine rings is 1. The van der Waals surface area contributed by atoms with Crippen LogP contribution in [0.25, 0.3) is 0 Å². The monoisotopic (exact) mass is 254 g/mol. The lowest BCUT2D eigenvalue weighted by atomic mass is 9.94. The lowest BCUT2D eigenvalue weighted by Crippen LogP contribution is -2.36. The summed E-state index contributed by atoms with van der Waals surface area (Å²) in [5.74, 6) is 0.687. The molecule has 0 spiro atoms. The molecule has 3 nitrogen and oxygen atoms in total. The SMILES string of the molecule is NCCC1CCN(CCOCC(F)(F)F)CC1. The molecule has 0 amide bonds. The Kier molecular flexibility index (Phi) is 6.22. The second-order valence-electron chi connectivity index (χ2n) is 4.53. The molecule has 0 atom stereocenters. The van der Waals surface area contributed by atoms with Gasteiger partial charge in [-0.2, -0.15) is 13.2 Å². The highest BCUT2D eigenvalue weighted by Crippen LogP contribution is 2.19. The predicted molar refractivity (Wildman–Crippen MR) is 59.7 cm³/mol. The van der Waals surface area contributed by atoms with Crippen LogP contribution in [-0.4, -0.2) is 50.5 Å². The van der Waals surface area contributed by atoms with Gasteiger partial charge in [0.15, 0.2) is 0 Å². The van der Waals surface area contributed by atoms with E-state index in [0.717, 1.165) is 38.9 Å². The van der Waals surface area contributed by atoms with E-state index >= 15 is 0 Å². The van der Waals surface area contributed by atoms with E-state index in [9.17, 15) is 13.2 Å². The van der Waals surface area contributed by atoms with Crippen molar-refractivity contribution in [2.24, 2.45) is 11.7 Å². The molecule has 0 aromatic carbocycles. The lowest BCUT2D eigenvalue weighted by molar-refractivity contribution is -0.174. The first kappa shape index (κ1) is 14.7. The molecule has 0 aromatic rings. The van der Waals surface area contributed by atoms with Crippen molar-refractivity contribution in [3.63, 3.8) is 0 Å². The molecule has 0 aliphatic carbocycles. The Morgan fingerprint density at radius 2 is 1.88 bits per heavy atom. The maximum absolute atomic E-state index is 11.8. The molecular formula is C11H21F3N2O. The van der Waals surface area contributed by atoms with E-state index in [1.807, 2.05) is 0 Å². The van der Waals surface area contributed by atoms with Crippen LogP contribution in [0.5, 0.6) is 0 Å². The average molecular weight is 254 g/mol. The highest BCUT2D eigenvalue weighted by Gasteiger charge is 2.27. The van der Waals surface area contributed by atoms with Crippen molar-refractivity contribution in [1.29, 1.82) is 0 Å². The summed E-state index contributed by atoms with van der Waals surface area (Å²) in [5.41, 5.74) is 5.49. The third kappa shape index (κ3) is 6.85. The van der Waals surface area contributed by atoms with Gasteiger partial charge in [0, 0.05) is 6.54 Å². The normalized spacial score (nSPS) is 19.8. The van der Waals surface area contributed by atoms with Gasteiger partial charge >= 0.3 is 6.18 Å². The molecule has 1 rings (SSSR count). The second kappa shape index (κ2) is 7.18. The zero-order valence-electron chi connectivity index (χ0n) is 10.0. The van der Waals surface area contributed by atoms with Crippen LogP contribution in [0.1, 0.15) is 19.3 Å². The summed E-state index contributed by atoms with van der Waals surface area (Å²) in [6, 6.07) is 0. The van der Waals surface area contributed by atoms with E-state index in [-0.39, 0.29) is 6.61 Å². The van der Waals surface area contributed by atoms with Crippen LogP contribution >= 0.6 is 0 Å². The summed E-state index contributed by atoms with van der Waals surface area (Å²) in [7, 11) is 0. The van der Waals surface area contributed by atoms with Gasteiger partial charge in [-0.15, -0.1) is 0 Å². The quantitative estimate of drug-likeness (QED) is 0.732. The molecule has 1 aliphatic rings. The minimum absolute atomic E-state index is 0.154. The lowest BCUT2D eigenvalue weighted by Gasteiger charge is -2.31. The fourth-order valence-corrected chi connectivity index (χ4v) is 2.12. The second-order valence-corrected chi connectivity index (χ2v) is 4.53. The van der Waals surface area contributed by atoms with Crippen LogP contribution in [0.2, 0.25) is 0 Å². The molecule has 102 valence electrons. The molecule has 0 aromatic heterocycles. The number of likely N-dealkylation sites (tertiary alicyclic amines) is 1. The Bertz CT molecular complexity index is 203. The molecule has 1 aliphatic heterocycles. The number of hydrogen-bond donors (Lipinski definition) is 1. The predicted octanol–water partition coefficient (Wildman–Crippen LogP) is 1.63. The third-order valence-corrected chi connectivity index (χ3v) is 3.10. The van der Waals surface area contributed by atoms with Gasteiger partial charge in [-0.1, -0.05) is 0 Å². The zero-order chi connectivity index (χ0) is 12.7. The summed E-state index contributed by atoms with van der Waals surface area (Å²) in [5, 5.41) is 0. The number of nitrogens with two attached hydrogens (primary N) is 1. The first-order valence-electron chi connectivity index (χ1n) is 6.08. The molecule has 2 N–H and O–H groups in total. The molecule has 6 heteroatoms. The Balaban J connectivity index is 2.02. The van der Waals surface area contributed by atoms with Gasteiger partial charge in [-0.25, -0.2) is 0 Å². The van der Waals surface area contributed by atoms with Crippen LogP contribution in [0.15, 0.2) is 0 Å². The summed E-state index contributed by atoms with van der Waals surface area (Å²) >= 11 is 0. The van der Waals surface area contributed by atoms with Gasteiger partial charge in [-0.3, -0.25) is 0 Å². The number of hydrogen-bond acceptors (Lipinski definition) is 3. The Labute approximate surface area is 100 Å². The van der Waals surface area contributed by atoms with Crippen molar-refractivity contribution >= 4 is 0 Å². The largest absolute Gasteiger partial charge is 0.411 e. The summed E-state index contributed by atoms with van der Waals surface area (Å²) in [6.45, 7) is 2.21. The number of ether oxygens (including phenoxy) is 1. The van der Waals surface area contributed by atoms with Crippen LogP contribution < -0.4 is 5.73 Å². The molecule has 0 bridgehead atoms. The molecule has 0 saturated carbocycles. The van der Waals surface area contributed by atoms with E-state index in [0.29, 0.717) is 12.5 Å². The Morgan fingerprint density at radius 1 is 1.24 bits per heavy atom. The number of halogens is 3. The van der Waals surface area contributed by atoms with Gasteiger partial charge < -0.3 is 15.4 Å². The topological polar surface area (TPSA) is 38.5 Å². The van der Waals surface area contributed by atoms with Crippen molar-refractivity contribution in [1.82, 2.24) is 4.90 Å². The maximum Gasteiger partial charge on any atom is 0.411 e. The molecule has 1 fully saturated rings. The smallest absolute Gasteiger partial charge is 0.371 e. The fourth-order valence-electron chi connectivity index (χ4n) is 2.12. The zero-order valence-corrected chi connectivity index (χ0v) is 10.0. The van der Waals surface area contributed by atoms with Crippen molar-refractivity contribution < 1.29 is 17.9 Å². The van der Waals surface area contributed by atoms with Gasteiger partial charge in [0.1, 0.15) is 6.61 Å². The standard InChI is InChI=1S/C11H21F3N2O/c12-11(13,14)9-17-8-7-16-5-2-10(1-4-15)3-6-16/h10H,1-9,15H2. The van der Waals surface area contributed by atoms with Crippen LogP contribution in [0.4, 0.5) is 13.2 Å². The molecule has 1 saturated heterocycles. The van der Waals surface area contributed by atoms with E-state index in [1.165, 1.54) is 0 Å². The van der Waals surface area contributed by atoms with E-state index in [2.05, 4.69) is 9.64 Å². The molecule has 0 unspecified atom stereocenters. The highest BCUT2D eigenvalue weighted by molar-refractivity contribution is 4.72. The highest BCUT2D eigenvalue weighted by atomic mass is 19.4. The Morgan fingerprint density at radius 3 is 2.41 bits per heavy atom. The number of alkyl halides is 3. The van der Waals surface area contributed by atoms with Gasteiger partial charge in [0.05, 0.1) is 6.61 Å². The van der Waals surface area contributed by atoms with Crippen LogP contribution in [0.3, 0.4) is 0 Å². The van der Waals surface area contributed by atoms with E-state index in [4.69, 9.17) is 5.73 Å². The molecular weight excluding hydrogens is 233 g/mol. The average Bonchev–Trinajstić information content (AvgIpc) is 2.26. The van der Waals surface area contributed by atoms with E-state index in [1.54, 1.807) is 0 Å². The van der Waals surface area contributed by atoms with Gasteiger partial charge in [0.2, 0.25) is 0 Å². The Hall–Kier alpha value is -0.330. The summed E-state index contributed by atoms with van der Waals surface area (Å²) in [4.78, 5) is 2.16. The van der Waals surface area contributed by atoms with Crippen molar-refractivity contribution in [2.45, 2.75) is 25.4 Å². The molecule has 0 radical (unpaired) electrons. The van der Waals surface area contributed by atoms with Crippen LogP contribution in [0, 0.1) is 5.92 Å². The minimum Gasteiger partial charge on any atom is -0.371 e. The summed E-state index contributed by atoms with van der Waals surface area (Å²) < 4.78 is 40.0. The number of rotatable bonds is 6. The first-order valence-corrected chi connectivity index (χ1v) is 6.08. The number of nitrogens with zero attached hydrogens (tertiary/aromatic N) is 1. The van der Waals surface area contributed by atoms with Gasteiger partial charge in [0.25, 0.3) is 0 Å². The third-order valence-electron chi connectivity index (χ3n) is 3.10. The van der Waals surface area contributed by atoms with Crippen molar-refractivity contribution in [2.75, 3.05) is 39.4 Å². The maximum atomic E-state index is 11.8. The molecule has 1 heterocycles. The molecule has 17 heavy (non-hydrogen) atoms.